The van der Waals surface area contributed by atoms with Gasteiger partial charge in [-0.2, -0.15) is 0 Å². The summed E-state index contributed by atoms with van der Waals surface area (Å²) in [6.07, 6.45) is 6.94. The van der Waals surface area contributed by atoms with Crippen LogP contribution in [-0.2, 0) is 6.54 Å². The molecule has 2 rings (SSSR count). The van der Waals surface area contributed by atoms with E-state index in [1.54, 1.807) is 23.1 Å². The predicted octanol–water partition coefficient (Wildman–Crippen LogP) is 1.08. The highest BCUT2D eigenvalue weighted by atomic mass is 16.6. The van der Waals surface area contributed by atoms with Crippen molar-refractivity contribution in [2.24, 2.45) is 0 Å². The third-order valence-corrected chi connectivity index (χ3v) is 2.35. The number of nitro groups is 1. The molecule has 0 saturated heterocycles. The lowest BCUT2D eigenvalue weighted by Gasteiger charge is -2.06. The van der Waals surface area contributed by atoms with Crippen molar-refractivity contribution >= 4 is 11.4 Å². The van der Waals surface area contributed by atoms with E-state index in [4.69, 9.17) is 0 Å². The van der Waals surface area contributed by atoms with Crippen molar-refractivity contribution in [2.75, 3.05) is 11.9 Å². The number of nitrogens with one attached hydrogen (secondary N) is 1. The summed E-state index contributed by atoms with van der Waals surface area (Å²) in [7, 11) is 0. The van der Waals surface area contributed by atoms with Crippen LogP contribution >= 0.6 is 0 Å². The Kier molecular flexibility index (Phi) is 3.79. The van der Waals surface area contributed by atoms with E-state index in [0.717, 1.165) is 6.42 Å². The minimum Gasteiger partial charge on any atom is -0.379 e. The number of aryl methyl sites for hydroxylation is 1. The van der Waals surface area contributed by atoms with Gasteiger partial charge in [0.15, 0.2) is 0 Å². The monoisotopic (exact) mass is 248 g/mol. The van der Waals surface area contributed by atoms with Gasteiger partial charge >= 0.3 is 5.69 Å². The van der Waals surface area contributed by atoms with Crippen LogP contribution in [0.15, 0.2) is 30.9 Å². The van der Waals surface area contributed by atoms with Crippen molar-refractivity contribution in [3.05, 3.63) is 41.0 Å². The summed E-state index contributed by atoms with van der Waals surface area (Å²) < 4.78 is 1.71. The zero-order valence-corrected chi connectivity index (χ0v) is 9.56. The SMILES string of the molecule is O=[N+]([O-])c1cnccc1NCCCn1ccnn1. The molecule has 2 aromatic heterocycles. The Morgan fingerprint density at radius 2 is 2.33 bits per heavy atom. The smallest absolute Gasteiger partial charge is 0.310 e. The molecule has 8 heteroatoms. The van der Waals surface area contributed by atoms with E-state index >= 15 is 0 Å². The fourth-order valence-electron chi connectivity index (χ4n) is 1.50. The minimum absolute atomic E-state index is 0.0155. The van der Waals surface area contributed by atoms with Crippen LogP contribution in [0.4, 0.5) is 11.4 Å². The van der Waals surface area contributed by atoms with Crippen molar-refractivity contribution < 1.29 is 4.92 Å². The van der Waals surface area contributed by atoms with Crippen molar-refractivity contribution in [3.63, 3.8) is 0 Å². The largest absolute Gasteiger partial charge is 0.379 e. The summed E-state index contributed by atoms with van der Waals surface area (Å²) in [6, 6.07) is 1.59. The van der Waals surface area contributed by atoms with Gasteiger partial charge in [-0.25, -0.2) is 0 Å². The fraction of sp³-hybridized carbons (Fsp3) is 0.300. The van der Waals surface area contributed by atoms with Gasteiger partial charge in [-0.3, -0.25) is 19.8 Å². The topological polar surface area (TPSA) is 98.8 Å². The van der Waals surface area contributed by atoms with Crippen LogP contribution in [-0.4, -0.2) is 31.4 Å². The van der Waals surface area contributed by atoms with E-state index < -0.39 is 4.92 Å². The van der Waals surface area contributed by atoms with Gasteiger partial charge in [0.2, 0.25) is 0 Å². The molecular weight excluding hydrogens is 236 g/mol. The standard InChI is InChI=1S/C10H12N6O2/c17-16(18)10-8-11-4-2-9(10)12-3-1-6-15-7-5-13-14-15/h2,4-5,7-8H,1,3,6H2,(H,11,12). The molecule has 8 nitrogen and oxygen atoms in total. The third kappa shape index (κ3) is 3.00. The summed E-state index contributed by atoms with van der Waals surface area (Å²) in [5.74, 6) is 0. The molecule has 0 atom stereocenters. The second kappa shape index (κ2) is 5.71. The summed E-state index contributed by atoms with van der Waals surface area (Å²) in [5.41, 5.74) is 0.465. The maximum Gasteiger partial charge on any atom is 0.310 e. The van der Waals surface area contributed by atoms with Gasteiger partial charge in [-0.15, -0.1) is 5.10 Å². The Hall–Kier alpha value is -2.51. The van der Waals surface area contributed by atoms with Crippen molar-refractivity contribution in [1.82, 2.24) is 20.0 Å². The first-order valence-corrected chi connectivity index (χ1v) is 5.44. The van der Waals surface area contributed by atoms with E-state index in [1.807, 2.05) is 0 Å². The van der Waals surface area contributed by atoms with E-state index in [2.05, 4.69) is 20.6 Å². The lowest BCUT2D eigenvalue weighted by molar-refractivity contribution is -0.384. The summed E-state index contributed by atoms with van der Waals surface area (Å²) in [6.45, 7) is 1.33. The number of aromatic nitrogens is 4. The average Bonchev–Trinajstić information content (AvgIpc) is 2.88. The molecule has 2 heterocycles. The van der Waals surface area contributed by atoms with E-state index in [1.165, 1.54) is 12.4 Å². The first-order valence-electron chi connectivity index (χ1n) is 5.44. The Morgan fingerprint density at radius 1 is 1.44 bits per heavy atom. The van der Waals surface area contributed by atoms with Crippen molar-refractivity contribution in [2.45, 2.75) is 13.0 Å². The molecule has 0 unspecified atom stereocenters. The van der Waals surface area contributed by atoms with Crippen LogP contribution < -0.4 is 5.32 Å². The molecule has 0 aliphatic rings. The second-order valence-electron chi connectivity index (χ2n) is 3.60. The molecule has 0 fully saturated rings. The maximum atomic E-state index is 10.7. The number of rotatable bonds is 6. The second-order valence-corrected chi connectivity index (χ2v) is 3.60. The maximum absolute atomic E-state index is 10.7. The molecule has 0 saturated carbocycles. The molecule has 0 aliphatic carbocycles. The van der Waals surface area contributed by atoms with Crippen molar-refractivity contribution in [3.8, 4) is 0 Å². The fourth-order valence-corrected chi connectivity index (χ4v) is 1.50. The molecule has 18 heavy (non-hydrogen) atoms. The molecule has 0 amide bonds. The van der Waals surface area contributed by atoms with Gasteiger partial charge < -0.3 is 5.32 Å². The molecule has 2 aromatic rings. The Balaban J connectivity index is 1.85. The Labute approximate surface area is 103 Å². The molecule has 0 aliphatic heterocycles. The molecule has 0 spiro atoms. The van der Waals surface area contributed by atoms with Gasteiger partial charge in [-0.05, 0) is 12.5 Å². The number of anilines is 1. The summed E-state index contributed by atoms with van der Waals surface area (Å²) in [5, 5.41) is 21.3. The number of nitrogens with zero attached hydrogens (tertiary/aromatic N) is 5. The van der Waals surface area contributed by atoms with Crippen LogP contribution in [0.2, 0.25) is 0 Å². The van der Waals surface area contributed by atoms with Gasteiger partial charge in [0.1, 0.15) is 11.9 Å². The molecule has 1 N–H and O–H groups in total. The predicted molar refractivity (Wildman–Crippen MR) is 64.0 cm³/mol. The molecule has 0 aromatic carbocycles. The highest BCUT2D eigenvalue weighted by molar-refractivity contribution is 5.59. The van der Waals surface area contributed by atoms with Gasteiger partial charge in [0.05, 0.1) is 11.1 Å². The van der Waals surface area contributed by atoms with Crippen LogP contribution in [0, 0.1) is 10.1 Å². The number of pyridine rings is 1. The van der Waals surface area contributed by atoms with Gasteiger partial charge in [-0.1, -0.05) is 5.21 Å². The van der Waals surface area contributed by atoms with Crippen molar-refractivity contribution in [1.29, 1.82) is 0 Å². The van der Waals surface area contributed by atoms with E-state index in [0.29, 0.717) is 18.8 Å². The summed E-state index contributed by atoms with van der Waals surface area (Å²) >= 11 is 0. The first-order chi connectivity index (χ1) is 8.77. The average molecular weight is 248 g/mol. The van der Waals surface area contributed by atoms with Gasteiger partial charge in [0.25, 0.3) is 0 Å². The van der Waals surface area contributed by atoms with E-state index in [9.17, 15) is 10.1 Å². The van der Waals surface area contributed by atoms with Crippen LogP contribution in [0.25, 0.3) is 0 Å². The molecular formula is C10H12N6O2. The quantitative estimate of drug-likeness (QED) is 0.466. The molecule has 0 radical (unpaired) electrons. The van der Waals surface area contributed by atoms with E-state index in [-0.39, 0.29) is 5.69 Å². The van der Waals surface area contributed by atoms with Crippen LogP contribution in [0.3, 0.4) is 0 Å². The lowest BCUT2D eigenvalue weighted by atomic mass is 10.3. The lowest BCUT2D eigenvalue weighted by Crippen LogP contribution is -2.08. The molecule has 94 valence electrons. The highest BCUT2D eigenvalue weighted by Gasteiger charge is 2.12. The van der Waals surface area contributed by atoms with Crippen LogP contribution in [0.5, 0.6) is 0 Å². The Bertz CT molecular complexity index is 513. The van der Waals surface area contributed by atoms with Crippen LogP contribution in [0.1, 0.15) is 6.42 Å². The number of hydrogen-bond donors (Lipinski definition) is 1. The number of hydrogen-bond acceptors (Lipinski definition) is 6. The summed E-state index contributed by atoms with van der Waals surface area (Å²) in [4.78, 5) is 14.0. The first kappa shape index (κ1) is 12.0. The zero-order chi connectivity index (χ0) is 12.8. The zero-order valence-electron chi connectivity index (χ0n) is 9.56. The Morgan fingerprint density at radius 3 is 3.06 bits per heavy atom. The van der Waals surface area contributed by atoms with Gasteiger partial charge in [0, 0.05) is 25.5 Å². The minimum atomic E-state index is -0.452. The highest BCUT2D eigenvalue weighted by Crippen LogP contribution is 2.21. The normalized spacial score (nSPS) is 10.2. The molecule has 0 bridgehead atoms. The third-order valence-electron chi connectivity index (χ3n) is 2.35.